The van der Waals surface area contributed by atoms with Gasteiger partial charge in [0.25, 0.3) is 0 Å². The number of nitrogens with zero attached hydrogens (tertiary/aromatic N) is 2. The lowest BCUT2D eigenvalue weighted by atomic mass is 10.4. The van der Waals surface area contributed by atoms with E-state index in [2.05, 4.69) is 29.4 Å². The van der Waals surface area contributed by atoms with Crippen molar-refractivity contribution in [3.8, 4) is 0 Å². The molecule has 0 aliphatic carbocycles. The van der Waals surface area contributed by atoms with Crippen molar-refractivity contribution in [3.05, 3.63) is 16.1 Å². The van der Waals surface area contributed by atoms with Crippen molar-refractivity contribution in [2.24, 2.45) is 5.73 Å². The van der Waals surface area contributed by atoms with Crippen LogP contribution in [0.4, 0.5) is 0 Å². The molecular weight excluding hydrogens is 226 g/mol. The second kappa shape index (κ2) is 7.22. The number of hydrogen-bond acceptors (Lipinski definition) is 5. The highest BCUT2D eigenvalue weighted by molar-refractivity contribution is 7.99. The SMILES string of the molecule is CN(C)Cc1nc(CCSCCN)cs1. The van der Waals surface area contributed by atoms with Gasteiger partial charge >= 0.3 is 0 Å². The van der Waals surface area contributed by atoms with Crippen molar-refractivity contribution < 1.29 is 0 Å². The van der Waals surface area contributed by atoms with Crippen molar-refractivity contribution in [1.82, 2.24) is 9.88 Å². The molecule has 1 rings (SSSR count). The van der Waals surface area contributed by atoms with Gasteiger partial charge in [0.15, 0.2) is 0 Å². The average Bonchev–Trinajstić information content (AvgIpc) is 2.59. The summed E-state index contributed by atoms with van der Waals surface area (Å²) >= 11 is 3.66. The van der Waals surface area contributed by atoms with E-state index < -0.39 is 0 Å². The number of nitrogens with two attached hydrogens (primary N) is 1. The maximum absolute atomic E-state index is 5.43. The highest BCUT2D eigenvalue weighted by Crippen LogP contribution is 2.13. The number of thioether (sulfide) groups is 1. The summed E-state index contributed by atoms with van der Waals surface area (Å²) < 4.78 is 0. The molecule has 2 N–H and O–H groups in total. The second-order valence-electron chi connectivity index (χ2n) is 3.62. The molecule has 1 aromatic rings. The van der Waals surface area contributed by atoms with Gasteiger partial charge in [0.05, 0.1) is 5.69 Å². The number of rotatable bonds is 7. The monoisotopic (exact) mass is 245 g/mol. The molecule has 0 bridgehead atoms. The summed E-state index contributed by atoms with van der Waals surface area (Å²) in [5.74, 6) is 2.18. The molecule has 0 unspecified atom stereocenters. The Kier molecular flexibility index (Phi) is 6.24. The molecule has 1 aromatic heterocycles. The first-order chi connectivity index (χ1) is 7.22. The predicted molar refractivity (Wildman–Crippen MR) is 69.6 cm³/mol. The maximum atomic E-state index is 5.43. The van der Waals surface area contributed by atoms with E-state index >= 15 is 0 Å². The van der Waals surface area contributed by atoms with Gasteiger partial charge in [-0.15, -0.1) is 11.3 Å². The molecule has 0 spiro atoms. The van der Waals surface area contributed by atoms with Crippen molar-refractivity contribution in [1.29, 1.82) is 0 Å². The largest absolute Gasteiger partial charge is 0.330 e. The second-order valence-corrected chi connectivity index (χ2v) is 5.79. The third-order valence-electron chi connectivity index (χ3n) is 1.82. The first-order valence-corrected chi connectivity index (χ1v) is 7.11. The minimum atomic E-state index is 0.771. The Bertz CT molecular complexity index is 273. The van der Waals surface area contributed by atoms with E-state index in [1.165, 1.54) is 10.7 Å². The summed E-state index contributed by atoms with van der Waals surface area (Å²) in [5, 5.41) is 3.38. The van der Waals surface area contributed by atoms with E-state index in [-0.39, 0.29) is 0 Å². The topological polar surface area (TPSA) is 42.2 Å². The van der Waals surface area contributed by atoms with Gasteiger partial charge in [-0.3, -0.25) is 0 Å². The highest BCUT2D eigenvalue weighted by atomic mass is 32.2. The Morgan fingerprint density at radius 3 is 2.93 bits per heavy atom. The fourth-order valence-electron chi connectivity index (χ4n) is 1.17. The van der Waals surface area contributed by atoms with Crippen LogP contribution in [-0.4, -0.2) is 42.0 Å². The molecule has 0 aliphatic heterocycles. The van der Waals surface area contributed by atoms with Crippen LogP contribution < -0.4 is 5.73 Å². The summed E-state index contributed by atoms with van der Waals surface area (Å²) in [6, 6.07) is 0. The molecule has 0 saturated carbocycles. The van der Waals surface area contributed by atoms with Gasteiger partial charge in [-0.25, -0.2) is 4.98 Å². The van der Waals surface area contributed by atoms with Crippen molar-refractivity contribution >= 4 is 23.1 Å². The van der Waals surface area contributed by atoms with Gasteiger partial charge in [-0.05, 0) is 26.3 Å². The number of aryl methyl sites for hydroxylation is 1. The molecule has 0 atom stereocenters. The number of aromatic nitrogens is 1. The third-order valence-corrected chi connectivity index (χ3v) is 3.72. The molecule has 0 aliphatic rings. The lowest BCUT2D eigenvalue weighted by Crippen LogP contribution is -2.10. The van der Waals surface area contributed by atoms with Crippen LogP contribution in [0.2, 0.25) is 0 Å². The minimum Gasteiger partial charge on any atom is -0.330 e. The summed E-state index contributed by atoms with van der Waals surface area (Å²) in [5.41, 5.74) is 6.65. The van der Waals surface area contributed by atoms with Gasteiger partial charge in [-0.1, -0.05) is 0 Å². The van der Waals surface area contributed by atoms with Gasteiger partial charge < -0.3 is 10.6 Å². The smallest absolute Gasteiger partial charge is 0.107 e. The summed E-state index contributed by atoms with van der Waals surface area (Å²) in [6.45, 7) is 1.72. The molecule has 0 fully saturated rings. The summed E-state index contributed by atoms with van der Waals surface area (Å²) in [4.78, 5) is 6.72. The van der Waals surface area contributed by atoms with Gasteiger partial charge in [0.1, 0.15) is 5.01 Å². The number of thiazole rings is 1. The Balaban J connectivity index is 2.26. The molecule has 86 valence electrons. The number of hydrogen-bond donors (Lipinski definition) is 1. The zero-order chi connectivity index (χ0) is 11.1. The van der Waals surface area contributed by atoms with Crippen LogP contribution >= 0.6 is 23.1 Å². The predicted octanol–water partition coefficient (Wildman–Crippen LogP) is 1.44. The highest BCUT2D eigenvalue weighted by Gasteiger charge is 2.02. The van der Waals surface area contributed by atoms with Crippen molar-refractivity contribution in [2.75, 3.05) is 32.1 Å². The third kappa shape index (κ3) is 5.51. The Hall–Kier alpha value is -0.100. The van der Waals surface area contributed by atoms with Gasteiger partial charge in [0, 0.05) is 24.2 Å². The van der Waals surface area contributed by atoms with Crippen LogP contribution in [-0.2, 0) is 13.0 Å². The quantitative estimate of drug-likeness (QED) is 0.738. The molecule has 0 amide bonds. The van der Waals surface area contributed by atoms with Gasteiger partial charge in [-0.2, -0.15) is 11.8 Å². The minimum absolute atomic E-state index is 0.771. The first kappa shape index (κ1) is 13.0. The van der Waals surface area contributed by atoms with E-state index in [0.717, 1.165) is 31.0 Å². The fraction of sp³-hybridized carbons (Fsp3) is 0.700. The van der Waals surface area contributed by atoms with Crippen molar-refractivity contribution in [3.63, 3.8) is 0 Å². The molecule has 3 nitrogen and oxygen atoms in total. The zero-order valence-corrected chi connectivity index (χ0v) is 11.0. The van der Waals surface area contributed by atoms with E-state index in [1.54, 1.807) is 11.3 Å². The first-order valence-electron chi connectivity index (χ1n) is 5.08. The van der Waals surface area contributed by atoms with E-state index in [4.69, 9.17) is 5.73 Å². The summed E-state index contributed by atoms with van der Waals surface area (Å²) in [7, 11) is 4.14. The molecule has 0 saturated heterocycles. The Morgan fingerprint density at radius 2 is 2.27 bits per heavy atom. The van der Waals surface area contributed by atoms with Crippen LogP contribution in [0.5, 0.6) is 0 Å². The van der Waals surface area contributed by atoms with Crippen LogP contribution in [0, 0.1) is 0 Å². The molecule has 0 radical (unpaired) electrons. The molecule has 0 aromatic carbocycles. The lowest BCUT2D eigenvalue weighted by Gasteiger charge is -2.05. The lowest BCUT2D eigenvalue weighted by molar-refractivity contribution is 0.401. The van der Waals surface area contributed by atoms with Gasteiger partial charge in [0.2, 0.25) is 0 Å². The van der Waals surface area contributed by atoms with E-state index in [9.17, 15) is 0 Å². The maximum Gasteiger partial charge on any atom is 0.107 e. The average molecular weight is 245 g/mol. The van der Waals surface area contributed by atoms with Crippen molar-refractivity contribution in [2.45, 2.75) is 13.0 Å². The van der Waals surface area contributed by atoms with Crippen LogP contribution in [0.3, 0.4) is 0 Å². The fourth-order valence-corrected chi connectivity index (χ4v) is 2.84. The Morgan fingerprint density at radius 1 is 1.47 bits per heavy atom. The van der Waals surface area contributed by atoms with Crippen LogP contribution in [0.15, 0.2) is 5.38 Å². The zero-order valence-electron chi connectivity index (χ0n) is 9.40. The van der Waals surface area contributed by atoms with E-state index in [1.807, 2.05) is 11.8 Å². The molecule has 1 heterocycles. The standard InChI is InChI=1S/C10H19N3S2/c1-13(2)7-10-12-9(8-15-10)3-5-14-6-4-11/h8H,3-7,11H2,1-2H3. The summed E-state index contributed by atoms with van der Waals surface area (Å²) in [6.07, 6.45) is 1.06. The van der Waals surface area contributed by atoms with E-state index in [0.29, 0.717) is 0 Å². The Labute approximate surface area is 100 Å². The normalized spacial score (nSPS) is 11.2. The molecule has 15 heavy (non-hydrogen) atoms. The molecular formula is C10H19N3S2. The van der Waals surface area contributed by atoms with Crippen LogP contribution in [0.1, 0.15) is 10.7 Å². The van der Waals surface area contributed by atoms with Crippen LogP contribution in [0.25, 0.3) is 0 Å². The molecule has 5 heteroatoms.